The molecule has 26 heavy (non-hydrogen) atoms. The minimum atomic E-state index is -3.20. The molecule has 0 aromatic heterocycles. The van der Waals surface area contributed by atoms with Gasteiger partial charge >= 0.3 is 6.03 Å². The van der Waals surface area contributed by atoms with Gasteiger partial charge in [-0.25, -0.2) is 17.5 Å². The standard InChI is InChI=1S/C18H31N3O4S/c1-12(2)26(23,24)21-5-3-15(4-6-21)19-17(22)20-18-10-13-7-14(11-18)9-16(8-13)25-18/h12-16H,3-11H2,1-2H3,(H2,19,20,22). The van der Waals surface area contributed by atoms with E-state index < -0.39 is 21.0 Å². The summed E-state index contributed by atoms with van der Waals surface area (Å²) in [6, 6.07) is -0.153. The van der Waals surface area contributed by atoms with Crippen molar-refractivity contribution in [3.63, 3.8) is 0 Å². The second-order valence-corrected chi connectivity index (χ2v) is 11.4. The number of carbonyl (C=O) groups is 1. The van der Waals surface area contributed by atoms with Crippen molar-refractivity contribution in [2.75, 3.05) is 13.1 Å². The third-order valence-electron chi connectivity index (χ3n) is 6.57. The highest BCUT2D eigenvalue weighted by Crippen LogP contribution is 2.51. The van der Waals surface area contributed by atoms with E-state index in [1.807, 2.05) is 0 Å². The van der Waals surface area contributed by atoms with Crippen molar-refractivity contribution in [1.29, 1.82) is 0 Å². The Labute approximate surface area is 156 Å². The number of hydrogen-bond acceptors (Lipinski definition) is 4. The van der Waals surface area contributed by atoms with Crippen LogP contribution in [-0.2, 0) is 14.8 Å². The predicted octanol–water partition coefficient (Wildman–Crippen LogP) is 1.79. The highest BCUT2D eigenvalue weighted by atomic mass is 32.2. The van der Waals surface area contributed by atoms with Crippen molar-refractivity contribution in [2.24, 2.45) is 11.8 Å². The summed E-state index contributed by atoms with van der Waals surface area (Å²) >= 11 is 0. The molecule has 8 heteroatoms. The second-order valence-electron chi connectivity index (χ2n) is 8.95. The third kappa shape index (κ3) is 3.47. The van der Waals surface area contributed by atoms with Crippen LogP contribution in [0.5, 0.6) is 0 Å². The van der Waals surface area contributed by atoms with Crippen LogP contribution in [0.4, 0.5) is 4.79 Å². The maximum Gasteiger partial charge on any atom is 0.317 e. The topological polar surface area (TPSA) is 87.7 Å². The number of amides is 2. The van der Waals surface area contributed by atoms with Crippen LogP contribution in [0.25, 0.3) is 0 Å². The number of hydrogen-bond donors (Lipinski definition) is 2. The Morgan fingerprint density at radius 3 is 2.27 bits per heavy atom. The number of carbonyl (C=O) groups excluding carboxylic acids is 1. The Morgan fingerprint density at radius 1 is 1.12 bits per heavy atom. The Morgan fingerprint density at radius 2 is 1.73 bits per heavy atom. The number of ether oxygens (including phenoxy) is 1. The molecule has 5 rings (SSSR count). The summed E-state index contributed by atoms with van der Waals surface area (Å²) in [5.41, 5.74) is -0.472. The van der Waals surface area contributed by atoms with E-state index in [1.165, 1.54) is 6.42 Å². The smallest absolute Gasteiger partial charge is 0.317 e. The molecule has 5 aliphatic rings. The quantitative estimate of drug-likeness (QED) is 0.772. The largest absolute Gasteiger partial charge is 0.352 e. The molecule has 2 unspecified atom stereocenters. The summed E-state index contributed by atoms with van der Waals surface area (Å²) in [6.45, 7) is 4.36. The lowest BCUT2D eigenvalue weighted by Crippen LogP contribution is -2.65. The van der Waals surface area contributed by atoms with Crippen LogP contribution in [-0.4, -0.2) is 55.0 Å². The summed E-state index contributed by atoms with van der Waals surface area (Å²) in [5.74, 6) is 1.37. The van der Waals surface area contributed by atoms with Gasteiger partial charge in [0.05, 0.1) is 11.4 Å². The fourth-order valence-electron chi connectivity index (χ4n) is 5.48. The Balaban J connectivity index is 1.29. The zero-order chi connectivity index (χ0) is 18.5. The van der Waals surface area contributed by atoms with E-state index >= 15 is 0 Å². The van der Waals surface area contributed by atoms with E-state index in [0.717, 1.165) is 25.7 Å². The van der Waals surface area contributed by atoms with E-state index in [1.54, 1.807) is 18.2 Å². The van der Waals surface area contributed by atoms with E-state index in [9.17, 15) is 13.2 Å². The van der Waals surface area contributed by atoms with Gasteiger partial charge in [0, 0.05) is 19.1 Å². The highest BCUT2D eigenvalue weighted by Gasteiger charge is 2.53. The number of sulfonamides is 1. The van der Waals surface area contributed by atoms with Crippen molar-refractivity contribution in [3.05, 3.63) is 0 Å². The van der Waals surface area contributed by atoms with Gasteiger partial charge in [0.15, 0.2) is 0 Å². The van der Waals surface area contributed by atoms with Crippen LogP contribution in [0.2, 0.25) is 0 Å². The lowest BCUT2D eigenvalue weighted by atomic mass is 9.65. The molecule has 3 aliphatic heterocycles. The molecule has 2 amide bonds. The predicted molar refractivity (Wildman–Crippen MR) is 98.0 cm³/mol. The maximum atomic E-state index is 12.5. The first-order chi connectivity index (χ1) is 12.3. The minimum Gasteiger partial charge on any atom is -0.352 e. The van der Waals surface area contributed by atoms with Crippen LogP contribution in [0.3, 0.4) is 0 Å². The van der Waals surface area contributed by atoms with Crippen LogP contribution in [0, 0.1) is 11.8 Å². The molecule has 4 bridgehead atoms. The fraction of sp³-hybridized carbons (Fsp3) is 0.944. The molecule has 3 saturated heterocycles. The minimum absolute atomic E-state index is 0.0162. The zero-order valence-electron chi connectivity index (χ0n) is 15.7. The molecule has 0 radical (unpaired) electrons. The number of nitrogens with zero attached hydrogens (tertiary/aromatic N) is 1. The molecule has 3 heterocycles. The highest BCUT2D eigenvalue weighted by molar-refractivity contribution is 7.89. The summed E-state index contributed by atoms with van der Waals surface area (Å²) in [4.78, 5) is 12.5. The first-order valence-electron chi connectivity index (χ1n) is 10.0. The lowest BCUT2D eigenvalue weighted by Gasteiger charge is -2.56. The Kier molecular flexibility index (Phi) is 4.72. The van der Waals surface area contributed by atoms with Gasteiger partial charge in [0.1, 0.15) is 5.72 Å². The third-order valence-corrected chi connectivity index (χ3v) is 8.85. The van der Waals surface area contributed by atoms with E-state index in [4.69, 9.17) is 4.74 Å². The Bertz CT molecular complexity index is 620. The van der Waals surface area contributed by atoms with Gasteiger partial charge in [-0.2, -0.15) is 0 Å². The molecule has 5 fully saturated rings. The van der Waals surface area contributed by atoms with Crippen LogP contribution in [0.15, 0.2) is 0 Å². The maximum absolute atomic E-state index is 12.5. The number of urea groups is 1. The first kappa shape index (κ1) is 18.5. The molecule has 7 nitrogen and oxygen atoms in total. The molecule has 2 aliphatic carbocycles. The van der Waals surface area contributed by atoms with E-state index in [0.29, 0.717) is 43.9 Å². The monoisotopic (exact) mass is 385 g/mol. The molecule has 0 aromatic carbocycles. The van der Waals surface area contributed by atoms with Gasteiger partial charge in [-0.3, -0.25) is 0 Å². The molecular weight excluding hydrogens is 354 g/mol. The van der Waals surface area contributed by atoms with Gasteiger partial charge in [-0.05, 0) is 70.6 Å². The first-order valence-corrected chi connectivity index (χ1v) is 11.5. The zero-order valence-corrected chi connectivity index (χ0v) is 16.6. The van der Waals surface area contributed by atoms with E-state index in [-0.39, 0.29) is 12.1 Å². The van der Waals surface area contributed by atoms with Gasteiger partial charge in [0.2, 0.25) is 10.0 Å². The summed E-state index contributed by atoms with van der Waals surface area (Å²) in [7, 11) is -3.20. The van der Waals surface area contributed by atoms with Crippen LogP contribution < -0.4 is 10.6 Å². The van der Waals surface area contributed by atoms with Crippen molar-refractivity contribution < 1.29 is 17.9 Å². The average Bonchev–Trinajstić information content (AvgIpc) is 2.53. The lowest BCUT2D eigenvalue weighted by molar-refractivity contribution is -0.228. The van der Waals surface area contributed by atoms with Crippen molar-refractivity contribution in [3.8, 4) is 0 Å². The molecule has 0 aromatic rings. The molecular formula is C18H31N3O4S. The average molecular weight is 386 g/mol. The second kappa shape index (κ2) is 6.63. The molecule has 0 spiro atoms. The molecule has 148 valence electrons. The Hall–Kier alpha value is -0.860. The van der Waals surface area contributed by atoms with Gasteiger partial charge in [0.25, 0.3) is 0 Å². The number of rotatable bonds is 4. The fourth-order valence-corrected chi connectivity index (χ4v) is 6.79. The van der Waals surface area contributed by atoms with Crippen LogP contribution >= 0.6 is 0 Å². The van der Waals surface area contributed by atoms with Crippen molar-refractivity contribution in [2.45, 2.75) is 81.9 Å². The molecule has 2 N–H and O–H groups in total. The SMILES string of the molecule is CC(C)S(=O)(=O)N1CCC(NC(=O)NC23CC4CC(CC(C4)O2)C3)CC1. The van der Waals surface area contributed by atoms with Crippen molar-refractivity contribution in [1.82, 2.24) is 14.9 Å². The summed E-state index contributed by atoms with van der Waals surface area (Å²) in [5, 5.41) is 5.77. The van der Waals surface area contributed by atoms with E-state index in [2.05, 4.69) is 10.6 Å². The number of piperidine rings is 1. The van der Waals surface area contributed by atoms with Crippen LogP contribution in [0.1, 0.15) is 58.8 Å². The summed E-state index contributed by atoms with van der Waals surface area (Å²) < 4.78 is 32.2. The van der Waals surface area contributed by atoms with Gasteiger partial charge < -0.3 is 15.4 Å². The molecule has 2 saturated carbocycles. The van der Waals surface area contributed by atoms with Crippen molar-refractivity contribution >= 4 is 16.1 Å². The van der Waals surface area contributed by atoms with Gasteiger partial charge in [-0.15, -0.1) is 0 Å². The number of nitrogens with one attached hydrogen (secondary N) is 2. The summed E-state index contributed by atoms with van der Waals surface area (Å²) in [6.07, 6.45) is 7.05. The normalized spacial score (nSPS) is 37.9. The van der Waals surface area contributed by atoms with Gasteiger partial charge in [-0.1, -0.05) is 0 Å². The molecule has 2 atom stereocenters.